The van der Waals surface area contributed by atoms with E-state index in [2.05, 4.69) is 279 Å². The number of hydrogen-bond donors (Lipinski definition) is 0. The maximum Gasteiger partial charge on any atom is 0.118 e. The van der Waals surface area contributed by atoms with Gasteiger partial charge in [0, 0.05) is 25.6 Å². The summed E-state index contributed by atoms with van der Waals surface area (Å²) in [5.74, 6) is 0. The van der Waals surface area contributed by atoms with Crippen LogP contribution in [-0.2, 0) is 16.4 Å². The second kappa shape index (κ2) is 17.0. The Morgan fingerprint density at radius 3 is 1.18 bits per heavy atom. The third kappa shape index (κ3) is 6.53. The molecule has 0 fully saturated rings. The lowest BCUT2D eigenvalue weighted by Crippen LogP contribution is -2.45. The molecule has 3 heteroatoms. The SMILES string of the molecule is Cc1ccc2c(c1)C(c1cccc(C3(c4cc(-c5c(C)cccc5C)ccn4)c4cc(C)ccc4-c4ccc(C)cc43)c1)(c1cccc(C3(N4C=CN(C)C4)c4cc(C)ccc4-c4ccc(C)cc43)c1)c1cc(C)ccc1-2. The second-order valence-corrected chi connectivity index (χ2v) is 23.0. The number of rotatable bonds is 7. The van der Waals surface area contributed by atoms with Crippen molar-refractivity contribution in [3.05, 3.63) is 312 Å². The number of nitrogens with zero attached hydrogens (tertiary/aromatic N) is 3. The van der Waals surface area contributed by atoms with Gasteiger partial charge in [0.25, 0.3) is 0 Å². The zero-order valence-electron chi connectivity index (χ0n) is 45.7. The van der Waals surface area contributed by atoms with E-state index < -0.39 is 16.4 Å². The lowest BCUT2D eigenvalue weighted by atomic mass is 9.64. The minimum Gasteiger partial charge on any atom is -0.362 e. The molecular weight excluding hydrogens is 931 g/mol. The molecule has 0 atom stereocenters. The van der Waals surface area contributed by atoms with Gasteiger partial charge in [0.05, 0.1) is 23.2 Å². The first-order valence-corrected chi connectivity index (χ1v) is 27.4. The minimum atomic E-state index is -0.761. The summed E-state index contributed by atoms with van der Waals surface area (Å²) in [5.41, 5.74) is 31.8. The Labute approximate surface area is 454 Å². The van der Waals surface area contributed by atoms with Crippen LogP contribution in [0.3, 0.4) is 0 Å². The van der Waals surface area contributed by atoms with Gasteiger partial charge >= 0.3 is 0 Å². The zero-order chi connectivity index (χ0) is 52.7. The fraction of sp³-hybridized carbons (Fsp3) is 0.176. The van der Waals surface area contributed by atoms with Crippen LogP contribution in [-0.4, -0.2) is 28.5 Å². The number of benzene rings is 9. The lowest BCUT2D eigenvalue weighted by molar-refractivity contribution is 0.198. The normalized spacial score (nSPS) is 15.5. The average molecular weight is 994 g/mol. The van der Waals surface area contributed by atoms with Crippen LogP contribution in [0.2, 0.25) is 0 Å². The van der Waals surface area contributed by atoms with Crippen molar-refractivity contribution in [2.45, 2.75) is 71.8 Å². The van der Waals surface area contributed by atoms with Gasteiger partial charge in [-0.2, -0.15) is 0 Å². The Kier molecular flexibility index (Phi) is 10.4. The molecule has 1 aromatic heterocycles. The van der Waals surface area contributed by atoms with Crippen molar-refractivity contribution in [1.29, 1.82) is 0 Å². The Hall–Kier alpha value is -8.53. The van der Waals surface area contributed by atoms with Crippen molar-refractivity contribution in [1.82, 2.24) is 14.8 Å². The number of pyridine rings is 1. The predicted molar refractivity (Wildman–Crippen MR) is 318 cm³/mol. The number of aryl methyl sites for hydroxylation is 8. The average Bonchev–Trinajstić information content (AvgIpc) is 4.16. The summed E-state index contributed by atoms with van der Waals surface area (Å²) in [7, 11) is 2.19. The van der Waals surface area contributed by atoms with Crippen molar-refractivity contribution >= 4 is 0 Å². The fourth-order valence-electron chi connectivity index (χ4n) is 14.7. The Balaban J connectivity index is 1.10. The van der Waals surface area contributed by atoms with E-state index in [0.717, 1.165) is 12.4 Å². The largest absolute Gasteiger partial charge is 0.362 e. The van der Waals surface area contributed by atoms with Gasteiger partial charge in [0.1, 0.15) is 5.54 Å². The first kappa shape index (κ1) is 47.0. The van der Waals surface area contributed by atoms with E-state index in [-0.39, 0.29) is 0 Å². The fourth-order valence-corrected chi connectivity index (χ4v) is 14.7. The van der Waals surface area contributed by atoms with Gasteiger partial charge < -0.3 is 9.80 Å². The summed E-state index contributed by atoms with van der Waals surface area (Å²) in [4.78, 5) is 10.5. The standard InChI is InChI=1S/C74H63N3/c1-45-19-25-58-59-26-20-46(2)36-65(59)72(64(58)35-45,55-16-12-18-57(43-55)74(77-34-33-76(9)44-77)68-39-49(5)23-29-62(68)63-30-24-50(6)40-69(63)74)54-15-11-17-56(42-54)73(70-41-53(31-32-75-70)71-51(7)13-10-14-52(71)8)66-37-47(3)21-27-60(66)61-28-22-48(4)38-67(61)73/h10-43H,44H2,1-9H3. The quantitative estimate of drug-likeness (QED) is 0.159. The van der Waals surface area contributed by atoms with Crippen LogP contribution in [0.5, 0.6) is 0 Å². The molecule has 0 N–H and O–H groups in total. The highest BCUT2D eigenvalue weighted by molar-refractivity contribution is 5.90. The van der Waals surface area contributed by atoms with E-state index in [4.69, 9.17) is 4.98 Å². The Morgan fingerprint density at radius 1 is 0.364 bits per heavy atom. The molecule has 0 radical (unpaired) electrons. The molecule has 0 bridgehead atoms. The van der Waals surface area contributed by atoms with Gasteiger partial charge in [0.15, 0.2) is 0 Å². The molecule has 77 heavy (non-hydrogen) atoms. The smallest absolute Gasteiger partial charge is 0.118 e. The Morgan fingerprint density at radius 2 is 0.740 bits per heavy atom. The molecule has 374 valence electrons. The van der Waals surface area contributed by atoms with Crippen molar-refractivity contribution in [3.8, 4) is 44.5 Å². The third-order valence-corrected chi connectivity index (χ3v) is 18.0. The molecular formula is C74H63N3. The number of hydrogen-bond acceptors (Lipinski definition) is 3. The molecule has 3 nitrogen and oxygen atoms in total. The highest BCUT2D eigenvalue weighted by Gasteiger charge is 2.53. The summed E-state index contributed by atoms with van der Waals surface area (Å²) in [6.45, 7) is 18.7. The van der Waals surface area contributed by atoms with Gasteiger partial charge in [0.2, 0.25) is 0 Å². The van der Waals surface area contributed by atoms with Crippen LogP contribution >= 0.6 is 0 Å². The van der Waals surface area contributed by atoms with E-state index in [0.29, 0.717) is 0 Å². The lowest BCUT2D eigenvalue weighted by Gasteiger charge is -2.43. The zero-order valence-corrected chi connectivity index (χ0v) is 45.7. The molecule has 4 aliphatic rings. The van der Waals surface area contributed by atoms with E-state index in [1.807, 2.05) is 0 Å². The van der Waals surface area contributed by atoms with Gasteiger partial charge in [-0.3, -0.25) is 4.98 Å². The second-order valence-electron chi connectivity index (χ2n) is 23.0. The molecule has 0 saturated carbocycles. The maximum absolute atomic E-state index is 5.55. The summed E-state index contributed by atoms with van der Waals surface area (Å²) >= 11 is 0. The molecule has 0 unspecified atom stereocenters. The van der Waals surface area contributed by atoms with Crippen LogP contribution < -0.4 is 0 Å². The maximum atomic E-state index is 5.55. The summed E-state index contributed by atoms with van der Waals surface area (Å²) in [6, 6.07) is 73.5. The van der Waals surface area contributed by atoms with E-state index >= 15 is 0 Å². The molecule has 0 spiro atoms. The summed E-state index contributed by atoms with van der Waals surface area (Å²) in [5, 5.41) is 0. The molecule has 3 aliphatic carbocycles. The van der Waals surface area contributed by atoms with E-state index in [1.54, 1.807) is 0 Å². The first-order chi connectivity index (χ1) is 37.3. The predicted octanol–water partition coefficient (Wildman–Crippen LogP) is 16.9. The van der Waals surface area contributed by atoms with Crippen molar-refractivity contribution in [2.75, 3.05) is 13.7 Å². The highest BCUT2D eigenvalue weighted by atomic mass is 15.4. The molecule has 0 saturated heterocycles. The molecule has 14 rings (SSSR count). The van der Waals surface area contributed by atoms with Crippen molar-refractivity contribution in [2.24, 2.45) is 0 Å². The summed E-state index contributed by atoms with van der Waals surface area (Å²) < 4.78 is 0. The minimum absolute atomic E-state index is 0.615. The molecule has 10 aromatic rings. The van der Waals surface area contributed by atoms with Gasteiger partial charge in [-0.15, -0.1) is 0 Å². The molecule has 0 amide bonds. The van der Waals surface area contributed by atoms with E-state index in [9.17, 15) is 0 Å². The van der Waals surface area contributed by atoms with Crippen LogP contribution in [0.4, 0.5) is 0 Å². The third-order valence-electron chi connectivity index (χ3n) is 18.0. The number of aromatic nitrogens is 1. The van der Waals surface area contributed by atoms with Crippen molar-refractivity contribution < 1.29 is 0 Å². The molecule has 1 aliphatic heterocycles. The van der Waals surface area contributed by atoms with Gasteiger partial charge in [-0.1, -0.05) is 209 Å². The molecule has 2 heterocycles. The monoisotopic (exact) mass is 994 g/mol. The number of fused-ring (bicyclic) bond motifs is 9. The van der Waals surface area contributed by atoms with Crippen LogP contribution in [0.1, 0.15) is 106 Å². The highest BCUT2D eigenvalue weighted by Crippen LogP contribution is 2.62. The molecule has 9 aromatic carbocycles. The van der Waals surface area contributed by atoms with Gasteiger partial charge in [-0.25, -0.2) is 0 Å². The van der Waals surface area contributed by atoms with Crippen molar-refractivity contribution in [3.63, 3.8) is 0 Å². The van der Waals surface area contributed by atoms with Crippen LogP contribution in [0.25, 0.3) is 44.5 Å². The first-order valence-electron chi connectivity index (χ1n) is 27.4. The topological polar surface area (TPSA) is 19.4 Å². The van der Waals surface area contributed by atoms with E-state index in [1.165, 1.54) is 145 Å². The van der Waals surface area contributed by atoms with Crippen LogP contribution in [0, 0.1) is 55.4 Å². The summed E-state index contributed by atoms with van der Waals surface area (Å²) in [6.07, 6.45) is 6.62. The Bertz CT molecular complexity index is 3990. The van der Waals surface area contributed by atoms with Gasteiger partial charge in [-0.05, 0) is 179 Å². The van der Waals surface area contributed by atoms with Crippen LogP contribution in [0.15, 0.2) is 207 Å².